The molecule has 7 heteroatoms. The van der Waals surface area contributed by atoms with Gasteiger partial charge in [0.25, 0.3) is 5.91 Å². The SMILES string of the molecule is Cc1cnc(C(=O)NCCOCCN)c[n+]1[O-]. The van der Waals surface area contributed by atoms with Gasteiger partial charge in [0.2, 0.25) is 11.9 Å². The first-order chi connectivity index (χ1) is 8.15. The number of nitrogens with two attached hydrogens (primary N) is 1. The number of carbonyl (C=O) groups excluding carboxylic acids is 1. The lowest BCUT2D eigenvalue weighted by Crippen LogP contribution is -2.35. The van der Waals surface area contributed by atoms with Crippen molar-refractivity contribution in [1.29, 1.82) is 0 Å². The number of hydrogen-bond acceptors (Lipinski definition) is 5. The molecule has 1 rings (SSSR count). The first-order valence-electron chi connectivity index (χ1n) is 5.27. The Balaban J connectivity index is 2.39. The van der Waals surface area contributed by atoms with Crippen LogP contribution >= 0.6 is 0 Å². The smallest absolute Gasteiger partial charge is 0.276 e. The Labute approximate surface area is 99.2 Å². The molecular weight excluding hydrogens is 224 g/mol. The van der Waals surface area contributed by atoms with E-state index in [1.807, 2.05) is 0 Å². The molecule has 1 heterocycles. The van der Waals surface area contributed by atoms with Gasteiger partial charge in [-0.2, -0.15) is 4.73 Å². The number of aromatic nitrogens is 2. The summed E-state index contributed by atoms with van der Waals surface area (Å²) in [6.07, 6.45) is 2.50. The number of amides is 1. The molecule has 0 aliphatic carbocycles. The van der Waals surface area contributed by atoms with Gasteiger partial charge in [0, 0.05) is 20.0 Å². The molecule has 1 amide bonds. The molecule has 0 aliphatic heterocycles. The van der Waals surface area contributed by atoms with E-state index < -0.39 is 5.91 Å². The van der Waals surface area contributed by atoms with Gasteiger partial charge in [0.15, 0.2) is 5.69 Å². The van der Waals surface area contributed by atoms with E-state index in [1.165, 1.54) is 6.20 Å². The lowest BCUT2D eigenvalue weighted by molar-refractivity contribution is -0.613. The highest BCUT2D eigenvalue weighted by Crippen LogP contribution is 1.91. The fourth-order valence-corrected chi connectivity index (χ4v) is 1.10. The van der Waals surface area contributed by atoms with Gasteiger partial charge in [-0.3, -0.25) is 4.79 Å². The molecular formula is C10H16N4O3. The van der Waals surface area contributed by atoms with Crippen LogP contribution in [0.1, 0.15) is 16.2 Å². The van der Waals surface area contributed by atoms with Crippen molar-refractivity contribution in [2.75, 3.05) is 26.3 Å². The zero-order valence-electron chi connectivity index (χ0n) is 9.68. The molecule has 1 aromatic rings. The van der Waals surface area contributed by atoms with Crippen LogP contribution in [-0.2, 0) is 4.74 Å². The van der Waals surface area contributed by atoms with Crippen LogP contribution in [0.3, 0.4) is 0 Å². The molecule has 0 aliphatic rings. The molecule has 94 valence electrons. The molecule has 0 bridgehead atoms. The summed E-state index contributed by atoms with van der Waals surface area (Å²) in [5.74, 6) is -0.397. The van der Waals surface area contributed by atoms with Gasteiger partial charge >= 0.3 is 0 Å². The van der Waals surface area contributed by atoms with Gasteiger partial charge in [-0.1, -0.05) is 0 Å². The molecule has 0 radical (unpaired) electrons. The van der Waals surface area contributed by atoms with Crippen LogP contribution in [-0.4, -0.2) is 37.2 Å². The van der Waals surface area contributed by atoms with Crippen molar-refractivity contribution in [1.82, 2.24) is 10.3 Å². The molecule has 1 aromatic heterocycles. The second-order valence-electron chi connectivity index (χ2n) is 3.40. The molecule has 17 heavy (non-hydrogen) atoms. The topological polar surface area (TPSA) is 104 Å². The molecule has 3 N–H and O–H groups in total. The third-order valence-electron chi connectivity index (χ3n) is 2.00. The van der Waals surface area contributed by atoms with E-state index in [2.05, 4.69) is 10.3 Å². The molecule has 7 nitrogen and oxygen atoms in total. The van der Waals surface area contributed by atoms with E-state index in [-0.39, 0.29) is 5.69 Å². The number of carbonyl (C=O) groups is 1. The van der Waals surface area contributed by atoms with Crippen LogP contribution in [0, 0.1) is 12.1 Å². The maximum Gasteiger partial charge on any atom is 0.276 e. The Hall–Kier alpha value is -1.73. The van der Waals surface area contributed by atoms with Crippen molar-refractivity contribution < 1.29 is 14.3 Å². The van der Waals surface area contributed by atoms with E-state index in [9.17, 15) is 10.0 Å². The Kier molecular flexibility index (Phi) is 5.31. The summed E-state index contributed by atoms with van der Waals surface area (Å²) >= 11 is 0. The summed E-state index contributed by atoms with van der Waals surface area (Å²) in [5, 5.41) is 13.8. The highest BCUT2D eigenvalue weighted by atomic mass is 16.5. The normalized spacial score (nSPS) is 10.2. The van der Waals surface area contributed by atoms with E-state index in [4.69, 9.17) is 10.5 Å². The molecule has 0 spiro atoms. The fourth-order valence-electron chi connectivity index (χ4n) is 1.10. The molecule has 0 saturated heterocycles. The third-order valence-corrected chi connectivity index (χ3v) is 2.00. The van der Waals surface area contributed by atoms with Crippen molar-refractivity contribution in [3.8, 4) is 0 Å². The average molecular weight is 240 g/mol. The number of aryl methyl sites for hydroxylation is 1. The van der Waals surface area contributed by atoms with Gasteiger partial charge in [-0.15, -0.1) is 0 Å². The summed E-state index contributed by atoms with van der Waals surface area (Å²) in [6, 6.07) is 0. The van der Waals surface area contributed by atoms with Gasteiger partial charge in [-0.05, 0) is 0 Å². The first-order valence-corrected chi connectivity index (χ1v) is 5.27. The van der Waals surface area contributed by atoms with Gasteiger partial charge in [-0.25, -0.2) is 4.98 Å². The van der Waals surface area contributed by atoms with Gasteiger partial charge < -0.3 is 21.0 Å². The van der Waals surface area contributed by atoms with Crippen molar-refractivity contribution in [2.24, 2.45) is 5.73 Å². The predicted octanol–water partition coefficient (Wildman–Crippen LogP) is -1.27. The van der Waals surface area contributed by atoms with Crippen LogP contribution in [0.5, 0.6) is 0 Å². The Morgan fingerprint density at radius 2 is 2.41 bits per heavy atom. The average Bonchev–Trinajstić information content (AvgIpc) is 2.32. The Morgan fingerprint density at radius 1 is 1.65 bits per heavy atom. The number of hydrogen-bond donors (Lipinski definition) is 2. The summed E-state index contributed by atoms with van der Waals surface area (Å²) in [5.41, 5.74) is 5.76. The summed E-state index contributed by atoms with van der Waals surface area (Å²) in [4.78, 5) is 15.4. The zero-order chi connectivity index (χ0) is 12.7. The van der Waals surface area contributed by atoms with E-state index in [1.54, 1.807) is 6.92 Å². The highest BCUT2D eigenvalue weighted by molar-refractivity contribution is 5.91. The van der Waals surface area contributed by atoms with Crippen LogP contribution in [0.15, 0.2) is 12.4 Å². The summed E-state index contributed by atoms with van der Waals surface area (Å²) in [6.45, 7) is 3.25. The highest BCUT2D eigenvalue weighted by Gasteiger charge is 2.11. The van der Waals surface area contributed by atoms with Crippen LogP contribution in [0.2, 0.25) is 0 Å². The predicted molar refractivity (Wildman–Crippen MR) is 60.1 cm³/mol. The second kappa shape index (κ2) is 6.77. The Morgan fingerprint density at radius 3 is 3.06 bits per heavy atom. The largest absolute Gasteiger partial charge is 0.618 e. The van der Waals surface area contributed by atoms with Crippen molar-refractivity contribution in [3.05, 3.63) is 29.0 Å². The minimum absolute atomic E-state index is 0.0874. The van der Waals surface area contributed by atoms with E-state index in [0.717, 1.165) is 6.20 Å². The molecule has 0 fully saturated rings. The number of nitrogens with one attached hydrogen (secondary N) is 1. The number of rotatable bonds is 6. The third kappa shape index (κ3) is 4.33. The first kappa shape index (κ1) is 13.3. The second-order valence-corrected chi connectivity index (χ2v) is 3.40. The maximum atomic E-state index is 11.5. The fraction of sp³-hybridized carbons (Fsp3) is 0.500. The minimum atomic E-state index is -0.397. The van der Waals surface area contributed by atoms with Gasteiger partial charge in [0.05, 0.1) is 19.4 Å². The number of nitrogens with zero attached hydrogens (tertiary/aromatic N) is 2. The molecule has 0 aromatic carbocycles. The molecule has 0 atom stereocenters. The zero-order valence-corrected chi connectivity index (χ0v) is 9.68. The van der Waals surface area contributed by atoms with E-state index in [0.29, 0.717) is 36.7 Å². The monoisotopic (exact) mass is 240 g/mol. The summed E-state index contributed by atoms with van der Waals surface area (Å²) in [7, 11) is 0. The van der Waals surface area contributed by atoms with E-state index >= 15 is 0 Å². The van der Waals surface area contributed by atoms with Crippen LogP contribution in [0.25, 0.3) is 0 Å². The van der Waals surface area contributed by atoms with Crippen molar-refractivity contribution in [3.63, 3.8) is 0 Å². The van der Waals surface area contributed by atoms with Crippen molar-refractivity contribution in [2.45, 2.75) is 6.92 Å². The van der Waals surface area contributed by atoms with Gasteiger partial charge in [0.1, 0.15) is 0 Å². The van der Waals surface area contributed by atoms with Crippen LogP contribution in [0.4, 0.5) is 0 Å². The standard InChI is InChI=1S/C10H16N4O3/c1-8-6-13-9(7-14(8)16)10(15)12-3-5-17-4-2-11/h6-7H,2-5,11H2,1H3,(H,12,15). The molecule has 0 saturated carbocycles. The van der Waals surface area contributed by atoms with Crippen LogP contribution < -0.4 is 15.8 Å². The van der Waals surface area contributed by atoms with Crippen molar-refractivity contribution >= 4 is 5.91 Å². The quantitative estimate of drug-likeness (QED) is 0.366. The Bertz CT molecular complexity index is 384. The molecule has 0 unspecified atom stereocenters. The summed E-state index contributed by atoms with van der Waals surface area (Å²) < 4.78 is 5.69. The lowest BCUT2D eigenvalue weighted by atomic mass is 10.4. The number of ether oxygens (including phenoxy) is 1. The minimum Gasteiger partial charge on any atom is -0.618 e. The lowest BCUT2D eigenvalue weighted by Gasteiger charge is -2.05. The maximum absolute atomic E-state index is 11.5.